The van der Waals surface area contributed by atoms with Crippen molar-refractivity contribution in [3.63, 3.8) is 0 Å². The number of hydrogen-bond acceptors (Lipinski definition) is 1. The van der Waals surface area contributed by atoms with Crippen LogP contribution >= 0.6 is 0 Å². The molecule has 0 saturated heterocycles. The first-order valence-electron chi connectivity index (χ1n) is 8.69. The molecular weight excluding hydrogens is 256 g/mol. The van der Waals surface area contributed by atoms with E-state index in [4.69, 9.17) is 4.74 Å². The van der Waals surface area contributed by atoms with Gasteiger partial charge >= 0.3 is 0 Å². The average molecular weight is 288 g/mol. The second-order valence-electron chi connectivity index (χ2n) is 5.70. The van der Waals surface area contributed by atoms with Crippen LogP contribution < -0.4 is 4.74 Å². The molecule has 0 bridgehead atoms. The Hall–Kier alpha value is -1.24. The van der Waals surface area contributed by atoms with E-state index in [1.807, 2.05) is 0 Å². The van der Waals surface area contributed by atoms with Crippen molar-refractivity contribution in [2.45, 2.75) is 71.6 Å². The van der Waals surface area contributed by atoms with Crippen LogP contribution in [-0.4, -0.2) is 6.61 Å². The van der Waals surface area contributed by atoms with Gasteiger partial charge in [-0.25, -0.2) is 0 Å². The molecule has 1 aromatic carbocycles. The first kappa shape index (κ1) is 17.8. The van der Waals surface area contributed by atoms with Crippen LogP contribution in [0.3, 0.4) is 0 Å². The van der Waals surface area contributed by atoms with E-state index in [0.29, 0.717) is 5.92 Å². The van der Waals surface area contributed by atoms with Crippen molar-refractivity contribution in [2.75, 3.05) is 6.61 Å². The predicted molar refractivity (Wildman–Crippen MR) is 93.2 cm³/mol. The molecule has 0 fully saturated rings. The average Bonchev–Trinajstić information content (AvgIpc) is 2.52. The minimum Gasteiger partial charge on any atom is -0.494 e. The second kappa shape index (κ2) is 11.4. The van der Waals surface area contributed by atoms with E-state index < -0.39 is 0 Å². The van der Waals surface area contributed by atoms with Crippen LogP contribution in [0.2, 0.25) is 0 Å². The molecule has 1 unspecified atom stereocenters. The van der Waals surface area contributed by atoms with Crippen LogP contribution in [0.4, 0.5) is 0 Å². The molecule has 1 atom stereocenters. The SMILES string of the molecule is CC/C=C\CC(CC)c1ccc(OCCCCCC)cc1. The molecular formula is C20H32O. The fourth-order valence-electron chi connectivity index (χ4n) is 2.52. The minimum absolute atomic E-state index is 0.631. The quantitative estimate of drug-likeness (QED) is 0.334. The molecule has 0 saturated carbocycles. The third-order valence-electron chi connectivity index (χ3n) is 3.93. The normalized spacial score (nSPS) is 12.7. The van der Waals surface area contributed by atoms with E-state index in [2.05, 4.69) is 57.2 Å². The molecule has 118 valence electrons. The molecule has 0 aliphatic carbocycles. The van der Waals surface area contributed by atoms with Gasteiger partial charge in [-0.3, -0.25) is 0 Å². The lowest BCUT2D eigenvalue weighted by Gasteiger charge is -2.14. The van der Waals surface area contributed by atoms with Crippen LogP contribution in [0.1, 0.15) is 77.2 Å². The molecule has 0 aliphatic rings. The summed E-state index contributed by atoms with van der Waals surface area (Å²) in [5.41, 5.74) is 1.43. The van der Waals surface area contributed by atoms with Crippen molar-refractivity contribution in [3.05, 3.63) is 42.0 Å². The molecule has 0 spiro atoms. The number of unbranched alkanes of at least 4 members (excludes halogenated alkanes) is 3. The zero-order chi connectivity index (χ0) is 15.3. The summed E-state index contributed by atoms with van der Waals surface area (Å²) in [4.78, 5) is 0. The predicted octanol–water partition coefficient (Wildman–Crippen LogP) is 6.50. The lowest BCUT2D eigenvalue weighted by atomic mass is 9.93. The summed E-state index contributed by atoms with van der Waals surface area (Å²) in [6.07, 6.45) is 13.0. The van der Waals surface area contributed by atoms with Crippen LogP contribution in [0.25, 0.3) is 0 Å². The Morgan fingerprint density at radius 1 is 0.952 bits per heavy atom. The third kappa shape index (κ3) is 7.36. The van der Waals surface area contributed by atoms with Crippen molar-refractivity contribution in [3.8, 4) is 5.75 Å². The Balaban J connectivity index is 2.42. The van der Waals surface area contributed by atoms with Gasteiger partial charge in [-0.1, -0.05) is 64.3 Å². The second-order valence-corrected chi connectivity index (χ2v) is 5.70. The Morgan fingerprint density at radius 2 is 1.71 bits per heavy atom. The van der Waals surface area contributed by atoms with Crippen molar-refractivity contribution in [2.24, 2.45) is 0 Å². The van der Waals surface area contributed by atoms with E-state index in [0.717, 1.165) is 31.6 Å². The van der Waals surface area contributed by atoms with Crippen molar-refractivity contribution < 1.29 is 4.74 Å². The fourth-order valence-corrected chi connectivity index (χ4v) is 2.52. The first-order chi connectivity index (χ1) is 10.3. The van der Waals surface area contributed by atoms with E-state index in [1.54, 1.807) is 0 Å². The highest BCUT2D eigenvalue weighted by Gasteiger charge is 2.07. The lowest BCUT2D eigenvalue weighted by Crippen LogP contribution is -1.99. The van der Waals surface area contributed by atoms with E-state index in [9.17, 15) is 0 Å². The highest BCUT2D eigenvalue weighted by atomic mass is 16.5. The smallest absolute Gasteiger partial charge is 0.119 e. The molecule has 0 aromatic heterocycles. The number of rotatable bonds is 11. The highest BCUT2D eigenvalue weighted by Crippen LogP contribution is 2.25. The van der Waals surface area contributed by atoms with E-state index in [1.165, 1.54) is 31.2 Å². The Labute approximate surface area is 131 Å². The van der Waals surface area contributed by atoms with Gasteiger partial charge in [0.25, 0.3) is 0 Å². The molecule has 1 rings (SSSR count). The lowest BCUT2D eigenvalue weighted by molar-refractivity contribution is 0.305. The molecule has 0 heterocycles. The Kier molecular flexibility index (Phi) is 9.69. The van der Waals surface area contributed by atoms with Crippen LogP contribution in [0.5, 0.6) is 5.75 Å². The van der Waals surface area contributed by atoms with Gasteiger partial charge in [0.05, 0.1) is 6.61 Å². The van der Waals surface area contributed by atoms with Gasteiger partial charge in [0.1, 0.15) is 5.75 Å². The van der Waals surface area contributed by atoms with Gasteiger partial charge in [0, 0.05) is 0 Å². The Morgan fingerprint density at radius 3 is 2.33 bits per heavy atom. The van der Waals surface area contributed by atoms with Gasteiger partial charge in [0.2, 0.25) is 0 Å². The van der Waals surface area contributed by atoms with Gasteiger partial charge < -0.3 is 4.74 Å². The van der Waals surface area contributed by atoms with Crippen LogP contribution in [-0.2, 0) is 0 Å². The monoisotopic (exact) mass is 288 g/mol. The molecule has 0 aliphatic heterocycles. The number of ether oxygens (including phenoxy) is 1. The minimum atomic E-state index is 0.631. The molecule has 1 aromatic rings. The van der Waals surface area contributed by atoms with Crippen molar-refractivity contribution in [1.29, 1.82) is 0 Å². The zero-order valence-corrected chi connectivity index (χ0v) is 14.1. The summed E-state index contributed by atoms with van der Waals surface area (Å²) in [5.74, 6) is 1.64. The van der Waals surface area contributed by atoms with E-state index in [-0.39, 0.29) is 0 Å². The van der Waals surface area contributed by atoms with Crippen LogP contribution in [0, 0.1) is 0 Å². The molecule has 1 nitrogen and oxygen atoms in total. The molecule has 0 radical (unpaired) electrons. The molecule has 0 N–H and O–H groups in total. The summed E-state index contributed by atoms with van der Waals surface area (Å²) in [5, 5.41) is 0. The van der Waals surface area contributed by atoms with Crippen molar-refractivity contribution >= 4 is 0 Å². The largest absolute Gasteiger partial charge is 0.494 e. The van der Waals surface area contributed by atoms with Gasteiger partial charge in [-0.05, 0) is 49.3 Å². The maximum absolute atomic E-state index is 5.81. The number of allylic oxidation sites excluding steroid dienone is 2. The highest BCUT2D eigenvalue weighted by molar-refractivity contribution is 5.29. The third-order valence-corrected chi connectivity index (χ3v) is 3.93. The number of hydrogen-bond donors (Lipinski definition) is 0. The summed E-state index contributed by atoms with van der Waals surface area (Å²) >= 11 is 0. The molecule has 1 heteroatoms. The zero-order valence-electron chi connectivity index (χ0n) is 14.1. The fraction of sp³-hybridized carbons (Fsp3) is 0.600. The summed E-state index contributed by atoms with van der Waals surface area (Å²) in [6.45, 7) is 7.53. The maximum atomic E-state index is 5.81. The topological polar surface area (TPSA) is 9.23 Å². The summed E-state index contributed by atoms with van der Waals surface area (Å²) in [6, 6.07) is 8.72. The van der Waals surface area contributed by atoms with Crippen molar-refractivity contribution in [1.82, 2.24) is 0 Å². The Bertz CT molecular complexity index is 377. The van der Waals surface area contributed by atoms with Gasteiger partial charge in [-0.15, -0.1) is 0 Å². The van der Waals surface area contributed by atoms with E-state index >= 15 is 0 Å². The number of benzene rings is 1. The van der Waals surface area contributed by atoms with Gasteiger partial charge in [-0.2, -0.15) is 0 Å². The molecule has 21 heavy (non-hydrogen) atoms. The molecule has 0 amide bonds. The standard InChI is InChI=1S/C20H32O/c1-4-7-9-11-17-21-20-15-13-19(14-16-20)18(6-3)12-10-8-5-2/h8,10,13-16,18H,4-7,9,11-12,17H2,1-3H3/b10-8-. The first-order valence-corrected chi connectivity index (χ1v) is 8.69. The van der Waals surface area contributed by atoms with Gasteiger partial charge in [0.15, 0.2) is 0 Å². The summed E-state index contributed by atoms with van der Waals surface area (Å²) in [7, 11) is 0. The van der Waals surface area contributed by atoms with Crippen LogP contribution in [0.15, 0.2) is 36.4 Å². The maximum Gasteiger partial charge on any atom is 0.119 e. The summed E-state index contributed by atoms with van der Waals surface area (Å²) < 4.78 is 5.81.